The van der Waals surface area contributed by atoms with Gasteiger partial charge in [0.15, 0.2) is 0 Å². The summed E-state index contributed by atoms with van der Waals surface area (Å²) in [5, 5.41) is 2.09. The molecule has 0 aromatic heterocycles. The lowest BCUT2D eigenvalue weighted by Crippen LogP contribution is -2.55. The van der Waals surface area contributed by atoms with Gasteiger partial charge < -0.3 is 10.1 Å². The molecule has 0 aliphatic carbocycles. The number of nitrogens with one attached hydrogen (secondary N) is 1. The number of halogens is 2. The topological polar surface area (TPSA) is 38.3 Å². The van der Waals surface area contributed by atoms with Gasteiger partial charge in [-0.2, -0.15) is 8.78 Å². The lowest BCUT2D eigenvalue weighted by Gasteiger charge is -2.29. The van der Waals surface area contributed by atoms with E-state index in [0.717, 1.165) is 0 Å². The van der Waals surface area contributed by atoms with Crippen LogP contribution in [0.2, 0.25) is 0 Å². The average molecular weight is 179 g/mol. The van der Waals surface area contributed by atoms with Gasteiger partial charge in [0, 0.05) is 13.2 Å². The Kier molecular flexibility index (Phi) is 2.62. The predicted octanol–water partition coefficient (Wildman–Crippen LogP) is 0.547. The molecule has 1 rings (SSSR count). The van der Waals surface area contributed by atoms with E-state index in [1.54, 1.807) is 6.92 Å². The first kappa shape index (κ1) is 9.38. The second-order valence-electron chi connectivity index (χ2n) is 2.61. The summed E-state index contributed by atoms with van der Waals surface area (Å²) in [6.07, 6.45) is -1.08. The van der Waals surface area contributed by atoms with Gasteiger partial charge in [-0.05, 0) is 13.3 Å². The Morgan fingerprint density at radius 1 is 1.75 bits per heavy atom. The first-order valence-corrected chi connectivity index (χ1v) is 3.86. The summed E-state index contributed by atoms with van der Waals surface area (Å²) >= 11 is 0. The van der Waals surface area contributed by atoms with Crippen LogP contribution in [0.1, 0.15) is 13.3 Å². The normalized spacial score (nSPS) is 28.2. The Morgan fingerprint density at radius 2 is 2.42 bits per heavy atom. The Morgan fingerprint density at radius 3 is 3.00 bits per heavy atom. The third-order valence-corrected chi connectivity index (χ3v) is 1.77. The molecular formula is C7H11F2NO2. The molecule has 70 valence electrons. The molecule has 0 saturated carbocycles. The zero-order valence-electron chi connectivity index (χ0n) is 6.77. The Hall–Kier alpha value is -0.710. The number of amides is 1. The molecule has 0 aromatic carbocycles. The molecule has 0 aromatic rings. The molecule has 1 N–H and O–H groups in total. The van der Waals surface area contributed by atoms with Crippen LogP contribution in [-0.4, -0.2) is 31.1 Å². The van der Waals surface area contributed by atoms with Crippen LogP contribution in [0.4, 0.5) is 8.78 Å². The van der Waals surface area contributed by atoms with Crippen LogP contribution in [0.3, 0.4) is 0 Å². The fraction of sp³-hybridized carbons (Fsp3) is 0.857. The summed E-state index contributed by atoms with van der Waals surface area (Å²) in [6.45, 7) is 2.09. The van der Waals surface area contributed by atoms with Gasteiger partial charge in [0.05, 0.1) is 0 Å². The van der Waals surface area contributed by atoms with E-state index in [1.165, 1.54) is 0 Å². The van der Waals surface area contributed by atoms with Crippen molar-refractivity contribution in [1.82, 2.24) is 5.32 Å². The first-order chi connectivity index (χ1) is 5.59. The van der Waals surface area contributed by atoms with Crippen molar-refractivity contribution < 1.29 is 18.3 Å². The fourth-order valence-corrected chi connectivity index (χ4v) is 1.15. The monoisotopic (exact) mass is 179 g/mol. The Labute approximate surface area is 69.1 Å². The number of hydrogen-bond donors (Lipinski definition) is 1. The van der Waals surface area contributed by atoms with E-state index >= 15 is 0 Å². The quantitative estimate of drug-likeness (QED) is 0.672. The van der Waals surface area contributed by atoms with Crippen molar-refractivity contribution in [3.8, 4) is 0 Å². The molecule has 3 nitrogen and oxygen atoms in total. The standard InChI is InChI=1S/C7H11F2NO2/c1-2-12-5-3-4-10-6(11)7(5,8)9/h5H,2-4H2,1H3,(H,10,11). The molecule has 1 atom stereocenters. The maximum absolute atomic E-state index is 12.9. The first-order valence-electron chi connectivity index (χ1n) is 3.86. The largest absolute Gasteiger partial charge is 0.372 e. The minimum absolute atomic E-state index is 0.173. The molecule has 0 radical (unpaired) electrons. The van der Waals surface area contributed by atoms with Crippen molar-refractivity contribution in [3.63, 3.8) is 0 Å². The van der Waals surface area contributed by atoms with E-state index in [4.69, 9.17) is 4.74 Å². The van der Waals surface area contributed by atoms with Crippen molar-refractivity contribution >= 4 is 5.91 Å². The number of carbonyl (C=O) groups excluding carboxylic acids is 1. The minimum Gasteiger partial charge on any atom is -0.372 e. The summed E-state index contributed by atoms with van der Waals surface area (Å²) in [5.74, 6) is -4.60. The Bertz CT molecular complexity index is 182. The van der Waals surface area contributed by atoms with Crippen molar-refractivity contribution in [2.45, 2.75) is 25.4 Å². The molecule has 1 saturated heterocycles. The van der Waals surface area contributed by atoms with Gasteiger partial charge in [-0.1, -0.05) is 0 Å². The van der Waals surface area contributed by atoms with E-state index < -0.39 is 17.9 Å². The highest BCUT2D eigenvalue weighted by Gasteiger charge is 2.50. The van der Waals surface area contributed by atoms with Crippen molar-refractivity contribution in [1.29, 1.82) is 0 Å². The van der Waals surface area contributed by atoms with E-state index in [2.05, 4.69) is 5.32 Å². The molecular weight excluding hydrogens is 168 g/mol. The smallest absolute Gasteiger partial charge is 0.349 e. The van der Waals surface area contributed by atoms with Gasteiger partial charge in [-0.15, -0.1) is 0 Å². The maximum Gasteiger partial charge on any atom is 0.349 e. The van der Waals surface area contributed by atoms with Crippen molar-refractivity contribution in [3.05, 3.63) is 0 Å². The molecule has 0 bridgehead atoms. The van der Waals surface area contributed by atoms with Crippen LogP contribution >= 0.6 is 0 Å². The van der Waals surface area contributed by atoms with Crippen LogP contribution in [-0.2, 0) is 9.53 Å². The van der Waals surface area contributed by atoms with Gasteiger partial charge in [0.25, 0.3) is 5.91 Å². The minimum atomic E-state index is -3.37. The molecule has 12 heavy (non-hydrogen) atoms. The van der Waals surface area contributed by atoms with Gasteiger partial charge in [-0.3, -0.25) is 4.79 Å². The van der Waals surface area contributed by atoms with Crippen LogP contribution in [0, 0.1) is 0 Å². The van der Waals surface area contributed by atoms with Gasteiger partial charge in [0.1, 0.15) is 6.10 Å². The SMILES string of the molecule is CCOC1CCNC(=O)C1(F)F. The van der Waals surface area contributed by atoms with Gasteiger partial charge in [0.2, 0.25) is 0 Å². The van der Waals surface area contributed by atoms with Gasteiger partial charge >= 0.3 is 5.92 Å². The molecule has 1 fully saturated rings. The van der Waals surface area contributed by atoms with Crippen LogP contribution in [0.15, 0.2) is 0 Å². The zero-order valence-corrected chi connectivity index (χ0v) is 6.77. The van der Waals surface area contributed by atoms with E-state index in [0.29, 0.717) is 0 Å². The summed E-state index contributed by atoms with van der Waals surface area (Å²) < 4.78 is 30.6. The predicted molar refractivity (Wildman–Crippen MR) is 38.0 cm³/mol. The highest BCUT2D eigenvalue weighted by molar-refractivity contribution is 5.84. The van der Waals surface area contributed by atoms with Crippen LogP contribution in [0.5, 0.6) is 0 Å². The number of alkyl halides is 2. The molecule has 1 heterocycles. The summed E-state index contributed by atoms with van der Waals surface area (Å²) in [6, 6.07) is 0. The average Bonchev–Trinajstić information content (AvgIpc) is 2.00. The second-order valence-corrected chi connectivity index (χ2v) is 2.61. The summed E-state index contributed by atoms with van der Waals surface area (Å²) in [4.78, 5) is 10.7. The summed E-state index contributed by atoms with van der Waals surface area (Å²) in [7, 11) is 0. The molecule has 1 unspecified atom stereocenters. The lowest BCUT2D eigenvalue weighted by molar-refractivity contribution is -0.178. The molecule has 1 amide bonds. The zero-order chi connectivity index (χ0) is 9.19. The third-order valence-electron chi connectivity index (χ3n) is 1.77. The molecule has 5 heteroatoms. The van der Waals surface area contributed by atoms with Crippen LogP contribution in [0.25, 0.3) is 0 Å². The second kappa shape index (κ2) is 3.35. The van der Waals surface area contributed by atoms with Gasteiger partial charge in [-0.25, -0.2) is 0 Å². The summed E-state index contributed by atoms with van der Waals surface area (Å²) in [5.41, 5.74) is 0. The van der Waals surface area contributed by atoms with Crippen molar-refractivity contribution in [2.75, 3.05) is 13.2 Å². The maximum atomic E-state index is 12.9. The Balaban J connectivity index is 2.65. The molecule has 1 aliphatic heterocycles. The number of hydrogen-bond acceptors (Lipinski definition) is 2. The lowest BCUT2D eigenvalue weighted by atomic mass is 10.1. The van der Waals surface area contributed by atoms with E-state index in [9.17, 15) is 13.6 Å². The number of piperidine rings is 1. The van der Waals surface area contributed by atoms with E-state index in [1.807, 2.05) is 0 Å². The number of rotatable bonds is 2. The molecule has 0 spiro atoms. The van der Waals surface area contributed by atoms with Crippen LogP contribution < -0.4 is 5.32 Å². The number of ether oxygens (including phenoxy) is 1. The highest BCUT2D eigenvalue weighted by Crippen LogP contribution is 2.26. The fourth-order valence-electron chi connectivity index (χ4n) is 1.15. The molecule has 1 aliphatic rings. The highest BCUT2D eigenvalue weighted by atomic mass is 19.3. The number of carbonyl (C=O) groups is 1. The van der Waals surface area contributed by atoms with Crippen molar-refractivity contribution in [2.24, 2.45) is 0 Å². The third kappa shape index (κ3) is 1.55. The van der Waals surface area contributed by atoms with E-state index in [-0.39, 0.29) is 19.6 Å².